The summed E-state index contributed by atoms with van der Waals surface area (Å²) in [6, 6.07) is 3.97. The van der Waals surface area contributed by atoms with Gasteiger partial charge in [0.15, 0.2) is 0 Å². The minimum absolute atomic E-state index is 0.0213. The highest BCUT2D eigenvalue weighted by molar-refractivity contribution is 5.78. The van der Waals surface area contributed by atoms with Crippen LogP contribution in [0, 0.1) is 0 Å². The van der Waals surface area contributed by atoms with Gasteiger partial charge in [-0.2, -0.15) is 0 Å². The Labute approximate surface area is 112 Å². The zero-order chi connectivity index (χ0) is 13.5. The van der Waals surface area contributed by atoms with Crippen LogP contribution in [-0.2, 0) is 6.54 Å². The largest absolute Gasteiger partial charge is 0.481 e. The third-order valence-electron chi connectivity index (χ3n) is 4.06. The average Bonchev–Trinajstić information content (AvgIpc) is 2.68. The summed E-state index contributed by atoms with van der Waals surface area (Å²) in [5.74, 6) is 0.678. The van der Waals surface area contributed by atoms with E-state index in [1.54, 1.807) is 13.3 Å². The van der Waals surface area contributed by atoms with Crippen molar-refractivity contribution in [3.05, 3.63) is 23.9 Å². The van der Waals surface area contributed by atoms with E-state index in [1.165, 1.54) is 0 Å². The molecule has 0 bridgehead atoms. The molecule has 0 aromatic carbocycles. The molecule has 102 valence electrons. The van der Waals surface area contributed by atoms with Crippen LogP contribution in [0.25, 0.3) is 0 Å². The lowest BCUT2D eigenvalue weighted by Crippen LogP contribution is -2.68. The Morgan fingerprint density at radius 2 is 2.32 bits per heavy atom. The first-order valence-corrected chi connectivity index (χ1v) is 6.36. The number of amides is 2. The summed E-state index contributed by atoms with van der Waals surface area (Å²) in [5.41, 5.74) is 1.06. The monoisotopic (exact) mass is 262 g/mol. The van der Waals surface area contributed by atoms with Crippen LogP contribution in [0.15, 0.2) is 18.3 Å². The van der Waals surface area contributed by atoms with Crippen molar-refractivity contribution in [3.63, 3.8) is 0 Å². The molecule has 6 heteroatoms. The van der Waals surface area contributed by atoms with E-state index in [0.717, 1.165) is 31.7 Å². The zero-order valence-corrected chi connectivity index (χ0v) is 11.2. The molecule has 1 N–H and O–H groups in total. The van der Waals surface area contributed by atoms with Gasteiger partial charge in [0.1, 0.15) is 0 Å². The molecule has 2 aliphatic rings. The van der Waals surface area contributed by atoms with Gasteiger partial charge in [-0.3, -0.25) is 4.90 Å². The summed E-state index contributed by atoms with van der Waals surface area (Å²) in [5, 5.41) is 2.89. The van der Waals surface area contributed by atoms with E-state index >= 15 is 0 Å². The lowest BCUT2D eigenvalue weighted by Gasteiger charge is -2.50. The van der Waals surface area contributed by atoms with E-state index in [1.807, 2.05) is 24.1 Å². The molecule has 0 aliphatic carbocycles. The van der Waals surface area contributed by atoms with Crippen molar-refractivity contribution in [2.45, 2.75) is 12.1 Å². The molecule has 2 saturated heterocycles. The lowest BCUT2D eigenvalue weighted by atomic mass is 9.89. The number of hydrogen-bond donors (Lipinski definition) is 1. The van der Waals surface area contributed by atoms with Crippen molar-refractivity contribution in [1.82, 2.24) is 20.1 Å². The quantitative estimate of drug-likeness (QED) is 0.851. The van der Waals surface area contributed by atoms with Gasteiger partial charge in [0.25, 0.3) is 0 Å². The van der Waals surface area contributed by atoms with Gasteiger partial charge in [0, 0.05) is 45.0 Å². The van der Waals surface area contributed by atoms with Crippen molar-refractivity contribution in [3.8, 4) is 5.88 Å². The van der Waals surface area contributed by atoms with Gasteiger partial charge in [-0.05, 0) is 6.07 Å². The predicted molar refractivity (Wildman–Crippen MR) is 70.0 cm³/mol. The average molecular weight is 262 g/mol. The third-order valence-corrected chi connectivity index (χ3v) is 4.06. The number of nitrogens with zero attached hydrogens (tertiary/aromatic N) is 3. The number of rotatable bonds is 3. The predicted octanol–water partition coefficient (Wildman–Crippen LogP) is 0.300. The number of aromatic nitrogens is 1. The number of carbonyl (C=O) groups is 1. The normalized spacial score (nSPS) is 21.4. The summed E-state index contributed by atoms with van der Waals surface area (Å²) in [4.78, 5) is 19.8. The molecule has 2 aliphatic heterocycles. The van der Waals surface area contributed by atoms with Gasteiger partial charge < -0.3 is 15.0 Å². The first-order chi connectivity index (χ1) is 9.14. The summed E-state index contributed by atoms with van der Waals surface area (Å²) < 4.78 is 5.26. The molecular weight excluding hydrogens is 244 g/mol. The number of likely N-dealkylation sites (tertiary alicyclic amines) is 1. The second kappa shape index (κ2) is 4.38. The number of likely N-dealkylation sites (N-methyl/N-ethyl adjacent to an activating group) is 1. The smallest absolute Gasteiger partial charge is 0.317 e. The molecule has 0 saturated carbocycles. The minimum atomic E-state index is -0.0213. The summed E-state index contributed by atoms with van der Waals surface area (Å²) in [6.07, 6.45) is 1.73. The Morgan fingerprint density at radius 3 is 2.95 bits per heavy atom. The fraction of sp³-hybridized carbons (Fsp3) is 0.538. The molecule has 0 atom stereocenters. The molecule has 1 spiro atoms. The number of nitrogens with one attached hydrogen (secondary N) is 1. The Morgan fingerprint density at radius 1 is 1.53 bits per heavy atom. The molecule has 6 nitrogen and oxygen atoms in total. The van der Waals surface area contributed by atoms with Crippen LogP contribution < -0.4 is 10.1 Å². The molecule has 0 unspecified atom stereocenters. The summed E-state index contributed by atoms with van der Waals surface area (Å²) >= 11 is 0. The molecule has 19 heavy (non-hydrogen) atoms. The van der Waals surface area contributed by atoms with Gasteiger partial charge in [-0.1, -0.05) is 6.07 Å². The SMILES string of the molecule is COc1ncccc1CN1CC2(CNC(=O)N2C)C1. The number of urea groups is 1. The first-order valence-electron chi connectivity index (χ1n) is 6.36. The Balaban J connectivity index is 1.64. The minimum Gasteiger partial charge on any atom is -0.481 e. The van der Waals surface area contributed by atoms with E-state index in [9.17, 15) is 4.79 Å². The maximum absolute atomic E-state index is 11.5. The Kier molecular flexibility index (Phi) is 2.82. The van der Waals surface area contributed by atoms with Crippen LogP contribution in [0.1, 0.15) is 5.56 Å². The Bertz CT molecular complexity index is 499. The van der Waals surface area contributed by atoms with Crippen LogP contribution in [-0.4, -0.2) is 60.1 Å². The maximum atomic E-state index is 11.5. The van der Waals surface area contributed by atoms with Gasteiger partial charge in [-0.25, -0.2) is 9.78 Å². The number of methoxy groups -OCH3 is 1. The molecule has 0 radical (unpaired) electrons. The molecule has 1 aromatic rings. The highest BCUT2D eigenvalue weighted by atomic mass is 16.5. The van der Waals surface area contributed by atoms with Gasteiger partial charge in [0.2, 0.25) is 5.88 Å². The molecule has 3 rings (SSSR count). The molecule has 2 fully saturated rings. The summed E-state index contributed by atoms with van der Waals surface area (Å²) in [7, 11) is 3.50. The van der Waals surface area contributed by atoms with E-state index in [2.05, 4.69) is 15.2 Å². The van der Waals surface area contributed by atoms with Gasteiger partial charge in [0.05, 0.1) is 12.6 Å². The highest BCUT2D eigenvalue weighted by Crippen LogP contribution is 2.31. The van der Waals surface area contributed by atoms with Crippen molar-refractivity contribution < 1.29 is 9.53 Å². The van der Waals surface area contributed by atoms with Crippen molar-refractivity contribution in [2.24, 2.45) is 0 Å². The number of pyridine rings is 1. The van der Waals surface area contributed by atoms with Crippen molar-refractivity contribution >= 4 is 6.03 Å². The van der Waals surface area contributed by atoms with Crippen molar-refractivity contribution in [2.75, 3.05) is 33.8 Å². The van der Waals surface area contributed by atoms with Crippen LogP contribution in [0.3, 0.4) is 0 Å². The number of ether oxygens (including phenoxy) is 1. The zero-order valence-electron chi connectivity index (χ0n) is 11.2. The highest BCUT2D eigenvalue weighted by Gasteiger charge is 2.51. The van der Waals surface area contributed by atoms with Crippen LogP contribution in [0.4, 0.5) is 4.79 Å². The van der Waals surface area contributed by atoms with E-state index in [4.69, 9.17) is 4.74 Å². The maximum Gasteiger partial charge on any atom is 0.317 e. The second-order valence-corrected chi connectivity index (χ2v) is 5.26. The molecule has 1 aromatic heterocycles. The van der Waals surface area contributed by atoms with Crippen molar-refractivity contribution in [1.29, 1.82) is 0 Å². The fourth-order valence-electron chi connectivity index (χ4n) is 2.88. The summed E-state index contributed by atoms with van der Waals surface area (Å²) in [6.45, 7) is 3.32. The molecule has 3 heterocycles. The molecular formula is C13H18N4O2. The third kappa shape index (κ3) is 1.92. The lowest BCUT2D eigenvalue weighted by molar-refractivity contribution is -0.00154. The number of carbonyl (C=O) groups excluding carboxylic acids is 1. The van der Waals surface area contributed by atoms with E-state index in [0.29, 0.717) is 5.88 Å². The Hall–Kier alpha value is -1.82. The first kappa shape index (κ1) is 12.2. The van der Waals surface area contributed by atoms with E-state index in [-0.39, 0.29) is 11.6 Å². The van der Waals surface area contributed by atoms with Crippen LogP contribution >= 0.6 is 0 Å². The van der Waals surface area contributed by atoms with Crippen LogP contribution in [0.5, 0.6) is 5.88 Å². The second-order valence-electron chi connectivity index (χ2n) is 5.26. The molecule has 2 amide bonds. The number of hydrogen-bond acceptors (Lipinski definition) is 4. The van der Waals surface area contributed by atoms with Gasteiger partial charge >= 0.3 is 6.03 Å². The van der Waals surface area contributed by atoms with Crippen LogP contribution in [0.2, 0.25) is 0 Å². The topological polar surface area (TPSA) is 57.7 Å². The van der Waals surface area contributed by atoms with Gasteiger partial charge in [-0.15, -0.1) is 0 Å². The standard InChI is InChI=1S/C13H18N4O2/c1-16-12(18)15-7-13(16)8-17(9-13)6-10-4-3-5-14-11(10)19-2/h3-5H,6-9H2,1-2H3,(H,15,18). The fourth-order valence-corrected chi connectivity index (χ4v) is 2.88. The van der Waals surface area contributed by atoms with E-state index < -0.39 is 0 Å².